The number of morpholine rings is 1. The Bertz CT molecular complexity index is 899. The number of halogens is 2. The maximum Gasteiger partial charge on any atom is 0.275 e. The van der Waals surface area contributed by atoms with Gasteiger partial charge in [0.15, 0.2) is 11.5 Å². The number of likely N-dealkylation sites (tertiary alicyclic amines) is 1. The Kier molecular flexibility index (Phi) is 4.80. The molecule has 4 rings (SSSR count). The average Bonchev–Trinajstić information content (AvgIpc) is 2.71. The van der Waals surface area contributed by atoms with E-state index in [2.05, 4.69) is 4.98 Å². The molecule has 0 bridgehead atoms. The van der Waals surface area contributed by atoms with Gasteiger partial charge in [0.2, 0.25) is 0 Å². The van der Waals surface area contributed by atoms with Crippen LogP contribution in [0.1, 0.15) is 23.3 Å². The van der Waals surface area contributed by atoms with Crippen LogP contribution < -0.4 is 4.90 Å². The largest absolute Gasteiger partial charge is 0.363 e. The van der Waals surface area contributed by atoms with Crippen LogP contribution in [0.3, 0.4) is 0 Å². The number of benzene rings is 1. The van der Waals surface area contributed by atoms with E-state index in [0.717, 1.165) is 11.9 Å². The van der Waals surface area contributed by atoms with E-state index in [1.165, 1.54) is 4.90 Å². The summed E-state index contributed by atoms with van der Waals surface area (Å²) in [4.78, 5) is 31.6. The zero-order chi connectivity index (χ0) is 19.7. The summed E-state index contributed by atoms with van der Waals surface area (Å²) in [6.07, 6.45) is 1.85. The summed E-state index contributed by atoms with van der Waals surface area (Å²) in [5.41, 5.74) is -0.121. The normalized spacial score (nSPS) is 19.1. The van der Waals surface area contributed by atoms with Crippen LogP contribution in [0.4, 0.5) is 14.5 Å². The smallest absolute Gasteiger partial charge is 0.275 e. The summed E-state index contributed by atoms with van der Waals surface area (Å²) in [7, 11) is 0. The molecular weight excluding hydrogens is 368 g/mol. The molecule has 3 heterocycles. The van der Waals surface area contributed by atoms with Crippen molar-refractivity contribution in [3.63, 3.8) is 0 Å². The first-order chi connectivity index (χ1) is 13.5. The van der Waals surface area contributed by atoms with Crippen LogP contribution in [-0.2, 0) is 9.53 Å². The van der Waals surface area contributed by atoms with Crippen LogP contribution in [0, 0.1) is 11.6 Å². The monoisotopic (exact) mass is 387 g/mol. The third kappa shape index (κ3) is 3.47. The number of ether oxygens (including phenoxy) is 1. The zero-order valence-electron chi connectivity index (χ0n) is 15.1. The number of hydrogen-bond donors (Lipinski definition) is 0. The number of piperidine rings is 1. The molecule has 2 fully saturated rings. The molecule has 0 saturated carbocycles. The number of para-hydroxylation sites is 1. The second kappa shape index (κ2) is 7.27. The molecule has 6 nitrogen and oxygen atoms in total. The molecule has 0 radical (unpaired) electrons. The van der Waals surface area contributed by atoms with Crippen molar-refractivity contribution in [1.29, 1.82) is 0 Å². The van der Waals surface area contributed by atoms with Crippen molar-refractivity contribution in [1.82, 2.24) is 9.88 Å². The fraction of sp³-hybridized carbons (Fsp3) is 0.350. The summed E-state index contributed by atoms with van der Waals surface area (Å²) in [5, 5.41) is 0. The minimum Gasteiger partial charge on any atom is -0.363 e. The average molecular weight is 387 g/mol. The maximum atomic E-state index is 13.9. The van der Waals surface area contributed by atoms with E-state index in [0.29, 0.717) is 38.5 Å². The van der Waals surface area contributed by atoms with Gasteiger partial charge >= 0.3 is 0 Å². The first-order valence-electron chi connectivity index (χ1n) is 9.07. The second-order valence-corrected chi connectivity index (χ2v) is 7.06. The lowest BCUT2D eigenvalue weighted by Gasteiger charge is -2.46. The molecule has 28 heavy (non-hydrogen) atoms. The number of amides is 2. The molecule has 0 N–H and O–H groups in total. The quantitative estimate of drug-likeness (QED) is 0.794. The fourth-order valence-electron chi connectivity index (χ4n) is 3.70. The first-order valence-corrected chi connectivity index (χ1v) is 9.07. The third-order valence-corrected chi connectivity index (χ3v) is 5.29. The van der Waals surface area contributed by atoms with Gasteiger partial charge in [-0.2, -0.15) is 0 Å². The number of nitrogens with zero attached hydrogens (tertiary/aromatic N) is 3. The van der Waals surface area contributed by atoms with Gasteiger partial charge in [-0.05, 0) is 25.0 Å². The Balaban J connectivity index is 1.45. The number of hydrogen-bond acceptors (Lipinski definition) is 4. The SMILES string of the molecule is O=C(c1ncc(F)cc1F)N1CCC2(CC1)CN(c1ccccc1)C(=O)CO2. The van der Waals surface area contributed by atoms with Crippen LogP contribution in [0.5, 0.6) is 0 Å². The predicted molar refractivity (Wildman–Crippen MR) is 96.8 cm³/mol. The number of rotatable bonds is 2. The van der Waals surface area contributed by atoms with E-state index in [1.807, 2.05) is 30.3 Å². The summed E-state index contributed by atoms with van der Waals surface area (Å²) in [5.74, 6) is -2.47. The van der Waals surface area contributed by atoms with Crippen molar-refractivity contribution in [2.45, 2.75) is 18.4 Å². The van der Waals surface area contributed by atoms with Gasteiger partial charge in [0.1, 0.15) is 12.4 Å². The molecule has 0 aliphatic carbocycles. The lowest BCUT2D eigenvalue weighted by molar-refractivity contribution is -0.143. The molecule has 2 aliphatic rings. The summed E-state index contributed by atoms with van der Waals surface area (Å²) in [6.45, 7) is 1.07. The van der Waals surface area contributed by atoms with Crippen LogP contribution in [0.15, 0.2) is 42.6 Å². The van der Waals surface area contributed by atoms with Crippen LogP contribution in [-0.4, -0.2) is 53.5 Å². The van der Waals surface area contributed by atoms with Crippen LogP contribution in [0.25, 0.3) is 0 Å². The van der Waals surface area contributed by atoms with Crippen molar-refractivity contribution in [3.05, 3.63) is 59.9 Å². The van der Waals surface area contributed by atoms with Gasteiger partial charge < -0.3 is 14.5 Å². The van der Waals surface area contributed by atoms with Crippen molar-refractivity contribution in [2.24, 2.45) is 0 Å². The second-order valence-electron chi connectivity index (χ2n) is 7.06. The third-order valence-electron chi connectivity index (χ3n) is 5.29. The van der Waals surface area contributed by atoms with Gasteiger partial charge in [-0.1, -0.05) is 18.2 Å². The predicted octanol–water partition coefficient (Wildman–Crippen LogP) is 2.40. The number of carbonyl (C=O) groups is 2. The molecule has 0 unspecified atom stereocenters. The Morgan fingerprint density at radius 1 is 1.14 bits per heavy atom. The topological polar surface area (TPSA) is 62.7 Å². The number of carbonyl (C=O) groups excluding carboxylic acids is 2. The van der Waals surface area contributed by atoms with Crippen molar-refractivity contribution < 1.29 is 23.1 Å². The highest BCUT2D eigenvalue weighted by Crippen LogP contribution is 2.33. The minimum atomic E-state index is -0.972. The molecule has 2 amide bonds. The summed E-state index contributed by atoms with van der Waals surface area (Å²) < 4.78 is 32.8. The van der Waals surface area contributed by atoms with Gasteiger partial charge in [-0.3, -0.25) is 9.59 Å². The first kappa shape index (κ1) is 18.5. The molecule has 146 valence electrons. The Hall–Kier alpha value is -2.87. The summed E-state index contributed by atoms with van der Waals surface area (Å²) >= 11 is 0. The zero-order valence-corrected chi connectivity index (χ0v) is 15.1. The number of aromatic nitrogens is 1. The molecular formula is C20H19F2N3O3. The number of pyridine rings is 1. The van der Waals surface area contributed by atoms with E-state index < -0.39 is 23.1 Å². The van der Waals surface area contributed by atoms with Crippen molar-refractivity contribution >= 4 is 17.5 Å². The van der Waals surface area contributed by atoms with E-state index in [4.69, 9.17) is 4.74 Å². The van der Waals surface area contributed by atoms with Gasteiger partial charge in [0.25, 0.3) is 11.8 Å². The van der Waals surface area contributed by atoms with E-state index in [9.17, 15) is 18.4 Å². The lowest BCUT2D eigenvalue weighted by atomic mass is 9.89. The van der Waals surface area contributed by atoms with Crippen molar-refractivity contribution in [2.75, 3.05) is 31.1 Å². The molecule has 1 spiro atoms. The Labute approximate surface area is 160 Å². The van der Waals surface area contributed by atoms with Crippen LogP contribution >= 0.6 is 0 Å². The lowest BCUT2D eigenvalue weighted by Crippen LogP contribution is -2.59. The molecule has 1 aromatic carbocycles. The molecule has 8 heteroatoms. The fourth-order valence-corrected chi connectivity index (χ4v) is 3.70. The van der Waals surface area contributed by atoms with Gasteiger partial charge in [0, 0.05) is 24.8 Å². The number of anilines is 1. The van der Waals surface area contributed by atoms with Crippen LogP contribution in [0.2, 0.25) is 0 Å². The van der Waals surface area contributed by atoms with E-state index >= 15 is 0 Å². The minimum absolute atomic E-state index is 0.0169. The molecule has 2 aromatic rings. The Morgan fingerprint density at radius 3 is 2.54 bits per heavy atom. The highest BCUT2D eigenvalue weighted by atomic mass is 19.1. The molecule has 2 aliphatic heterocycles. The molecule has 2 saturated heterocycles. The van der Waals surface area contributed by atoms with E-state index in [1.54, 1.807) is 4.90 Å². The highest BCUT2D eigenvalue weighted by Gasteiger charge is 2.43. The van der Waals surface area contributed by atoms with Crippen molar-refractivity contribution in [3.8, 4) is 0 Å². The van der Waals surface area contributed by atoms with Gasteiger partial charge in [-0.25, -0.2) is 13.8 Å². The molecule has 0 atom stereocenters. The summed E-state index contributed by atoms with van der Waals surface area (Å²) in [6, 6.07) is 10.0. The maximum absolute atomic E-state index is 13.9. The van der Waals surface area contributed by atoms with Gasteiger partial charge in [0.05, 0.1) is 18.3 Å². The van der Waals surface area contributed by atoms with Gasteiger partial charge in [-0.15, -0.1) is 0 Å². The molecule has 1 aromatic heterocycles. The highest BCUT2D eigenvalue weighted by molar-refractivity contribution is 5.95. The Morgan fingerprint density at radius 2 is 1.86 bits per heavy atom. The standard InChI is InChI=1S/C20H19F2N3O3/c21-14-10-16(22)18(23-11-14)19(27)24-8-6-20(7-9-24)13-25(17(26)12-28-20)15-4-2-1-3-5-15/h1-5,10-11H,6-9,12-13H2. The van der Waals surface area contributed by atoms with E-state index in [-0.39, 0.29) is 18.2 Å².